The van der Waals surface area contributed by atoms with Crippen molar-refractivity contribution in [2.24, 2.45) is 0 Å². The maximum atomic E-state index is 13.6. The number of ether oxygens (including phenoxy) is 1. The van der Waals surface area contributed by atoms with Gasteiger partial charge in [-0.2, -0.15) is 4.39 Å². The zero-order valence-corrected chi connectivity index (χ0v) is 13.9. The molecule has 0 heterocycles. The van der Waals surface area contributed by atoms with Gasteiger partial charge >= 0.3 is 11.7 Å². The third kappa shape index (κ3) is 3.77. The van der Waals surface area contributed by atoms with Gasteiger partial charge in [0.1, 0.15) is 0 Å². The Morgan fingerprint density at radius 1 is 1.04 bits per heavy atom. The molecule has 0 saturated carbocycles. The average molecular weight is 357 g/mol. The molecule has 0 bridgehead atoms. The van der Waals surface area contributed by atoms with Crippen LogP contribution in [-0.2, 0) is 17.6 Å². The Balaban J connectivity index is 1.65. The van der Waals surface area contributed by atoms with Crippen LogP contribution in [0.4, 0.5) is 10.1 Å². The molecule has 7 heteroatoms. The van der Waals surface area contributed by atoms with E-state index in [0.717, 1.165) is 49.4 Å². The van der Waals surface area contributed by atoms with E-state index in [9.17, 15) is 24.1 Å². The number of carbonyl (C=O) groups excluding carboxylic acids is 2. The molecule has 0 fully saturated rings. The minimum absolute atomic E-state index is 0.189. The van der Waals surface area contributed by atoms with E-state index in [4.69, 9.17) is 4.74 Å². The highest BCUT2D eigenvalue weighted by molar-refractivity contribution is 5.99. The third-order valence-corrected chi connectivity index (χ3v) is 4.38. The molecule has 0 saturated heterocycles. The van der Waals surface area contributed by atoms with Gasteiger partial charge in [0.05, 0.1) is 10.5 Å². The van der Waals surface area contributed by atoms with E-state index in [1.807, 2.05) is 12.1 Å². The van der Waals surface area contributed by atoms with Crippen molar-refractivity contribution in [3.05, 3.63) is 74.6 Å². The van der Waals surface area contributed by atoms with Crippen molar-refractivity contribution >= 4 is 17.4 Å². The van der Waals surface area contributed by atoms with Gasteiger partial charge in [-0.25, -0.2) is 4.79 Å². The second kappa shape index (κ2) is 7.43. The maximum Gasteiger partial charge on any atom is 0.338 e. The Morgan fingerprint density at radius 3 is 2.42 bits per heavy atom. The van der Waals surface area contributed by atoms with E-state index < -0.39 is 29.0 Å². The van der Waals surface area contributed by atoms with E-state index in [1.54, 1.807) is 6.07 Å². The summed E-state index contributed by atoms with van der Waals surface area (Å²) in [6.07, 6.45) is 4.16. The topological polar surface area (TPSA) is 86.5 Å². The number of hydrogen-bond donors (Lipinski definition) is 0. The Kier molecular flexibility index (Phi) is 5.06. The van der Waals surface area contributed by atoms with Gasteiger partial charge in [-0.05, 0) is 55.0 Å². The number of fused-ring (bicyclic) bond motifs is 1. The summed E-state index contributed by atoms with van der Waals surface area (Å²) in [6, 6.07) is 8.17. The molecule has 0 amide bonds. The maximum absolute atomic E-state index is 13.6. The van der Waals surface area contributed by atoms with Gasteiger partial charge in [0, 0.05) is 11.6 Å². The van der Waals surface area contributed by atoms with Crippen LogP contribution in [0.25, 0.3) is 0 Å². The van der Waals surface area contributed by atoms with Gasteiger partial charge in [0.15, 0.2) is 12.4 Å². The number of nitro groups is 1. The molecule has 1 aliphatic rings. The van der Waals surface area contributed by atoms with Crippen LogP contribution in [0.1, 0.15) is 44.7 Å². The van der Waals surface area contributed by atoms with Crippen LogP contribution in [0.3, 0.4) is 0 Å². The summed E-state index contributed by atoms with van der Waals surface area (Å²) in [5.41, 5.74) is 1.93. The fourth-order valence-corrected chi connectivity index (χ4v) is 2.99. The predicted molar refractivity (Wildman–Crippen MR) is 90.8 cm³/mol. The van der Waals surface area contributed by atoms with Crippen molar-refractivity contribution in [2.45, 2.75) is 25.7 Å². The summed E-state index contributed by atoms with van der Waals surface area (Å²) in [5.74, 6) is -2.40. The highest BCUT2D eigenvalue weighted by atomic mass is 19.1. The Morgan fingerprint density at radius 2 is 1.73 bits per heavy atom. The second-order valence-electron chi connectivity index (χ2n) is 6.11. The minimum atomic E-state index is -1.13. The van der Waals surface area contributed by atoms with Crippen LogP contribution in [0.15, 0.2) is 36.4 Å². The molecule has 0 spiro atoms. The average Bonchev–Trinajstić information content (AvgIpc) is 2.65. The first-order chi connectivity index (χ1) is 12.5. The summed E-state index contributed by atoms with van der Waals surface area (Å²) in [5, 5.41) is 10.6. The summed E-state index contributed by atoms with van der Waals surface area (Å²) in [7, 11) is 0. The number of rotatable bonds is 5. The zero-order valence-electron chi connectivity index (χ0n) is 13.9. The van der Waals surface area contributed by atoms with Crippen LogP contribution >= 0.6 is 0 Å². The van der Waals surface area contributed by atoms with Crippen LogP contribution in [0.2, 0.25) is 0 Å². The molecular weight excluding hydrogens is 341 g/mol. The Hall–Kier alpha value is -3.09. The monoisotopic (exact) mass is 357 g/mol. The number of Topliss-reactive ketones (excluding diaryl/α,β-unsaturated/α-hetero) is 1. The summed E-state index contributed by atoms with van der Waals surface area (Å²) in [4.78, 5) is 33.9. The number of nitrogens with zero attached hydrogens (tertiary/aromatic N) is 1. The predicted octanol–water partition coefficient (Wildman–Crippen LogP) is 3.65. The lowest BCUT2D eigenvalue weighted by atomic mass is 9.90. The molecule has 1 aliphatic carbocycles. The Labute approximate surface area is 148 Å². The lowest BCUT2D eigenvalue weighted by molar-refractivity contribution is -0.387. The molecule has 6 nitrogen and oxygen atoms in total. The summed E-state index contributed by atoms with van der Waals surface area (Å²) < 4.78 is 18.5. The number of benzene rings is 2. The highest BCUT2D eigenvalue weighted by Gasteiger charge is 2.19. The van der Waals surface area contributed by atoms with Gasteiger partial charge in [-0.3, -0.25) is 14.9 Å². The molecule has 26 heavy (non-hydrogen) atoms. The van der Waals surface area contributed by atoms with E-state index >= 15 is 0 Å². The van der Waals surface area contributed by atoms with Crippen molar-refractivity contribution in [2.75, 3.05) is 6.61 Å². The van der Waals surface area contributed by atoms with Crippen LogP contribution in [-0.4, -0.2) is 23.3 Å². The molecule has 2 aromatic carbocycles. The number of nitro benzene ring substituents is 1. The fourth-order valence-electron chi connectivity index (χ4n) is 2.99. The van der Waals surface area contributed by atoms with Crippen molar-refractivity contribution in [1.82, 2.24) is 0 Å². The lowest BCUT2D eigenvalue weighted by Gasteiger charge is -2.16. The quantitative estimate of drug-likeness (QED) is 0.353. The van der Waals surface area contributed by atoms with Crippen LogP contribution < -0.4 is 0 Å². The third-order valence-electron chi connectivity index (χ3n) is 4.38. The van der Waals surface area contributed by atoms with Crippen molar-refractivity contribution in [3.8, 4) is 0 Å². The van der Waals surface area contributed by atoms with Gasteiger partial charge in [-0.15, -0.1) is 0 Å². The van der Waals surface area contributed by atoms with E-state index in [0.29, 0.717) is 5.56 Å². The highest BCUT2D eigenvalue weighted by Crippen LogP contribution is 2.23. The normalized spacial score (nSPS) is 13.0. The number of carbonyl (C=O) groups is 2. The molecule has 0 atom stereocenters. The standard InChI is InChI=1S/C19H16FNO5/c20-16-10-15(7-8-17(16)21(24)25)19(23)26-11-18(22)14-6-5-12-3-1-2-4-13(12)9-14/h5-10H,1-4,11H2. The van der Waals surface area contributed by atoms with Gasteiger partial charge in [0.2, 0.25) is 5.82 Å². The van der Waals surface area contributed by atoms with Crippen molar-refractivity contribution < 1.29 is 23.6 Å². The number of halogens is 1. The molecule has 0 aliphatic heterocycles. The first-order valence-electron chi connectivity index (χ1n) is 8.22. The molecule has 2 aromatic rings. The van der Waals surface area contributed by atoms with Crippen LogP contribution in [0, 0.1) is 15.9 Å². The first kappa shape index (κ1) is 17.7. The fraction of sp³-hybridized carbons (Fsp3) is 0.263. The van der Waals surface area contributed by atoms with E-state index in [1.165, 1.54) is 5.56 Å². The van der Waals surface area contributed by atoms with Gasteiger partial charge in [-0.1, -0.05) is 12.1 Å². The molecule has 0 aromatic heterocycles. The van der Waals surface area contributed by atoms with Crippen LogP contribution in [0.5, 0.6) is 0 Å². The number of aryl methyl sites for hydroxylation is 2. The van der Waals surface area contributed by atoms with Gasteiger partial charge in [0.25, 0.3) is 0 Å². The smallest absolute Gasteiger partial charge is 0.338 e. The summed E-state index contributed by atoms with van der Waals surface area (Å²) >= 11 is 0. The molecule has 134 valence electrons. The Bertz CT molecular complexity index is 893. The largest absolute Gasteiger partial charge is 0.454 e. The lowest BCUT2D eigenvalue weighted by Crippen LogP contribution is -2.15. The SMILES string of the molecule is O=C(COC(=O)c1ccc([N+](=O)[O-])c(F)c1)c1ccc2c(c1)CCCC2. The van der Waals surface area contributed by atoms with E-state index in [2.05, 4.69) is 0 Å². The molecule has 0 radical (unpaired) electrons. The number of hydrogen-bond acceptors (Lipinski definition) is 5. The van der Waals surface area contributed by atoms with E-state index in [-0.39, 0.29) is 11.3 Å². The summed E-state index contributed by atoms with van der Waals surface area (Å²) in [6.45, 7) is -0.476. The first-order valence-corrected chi connectivity index (χ1v) is 8.22. The minimum Gasteiger partial charge on any atom is -0.454 e. The second-order valence-corrected chi connectivity index (χ2v) is 6.11. The zero-order chi connectivity index (χ0) is 18.7. The molecule has 3 rings (SSSR count). The number of esters is 1. The van der Waals surface area contributed by atoms with Crippen molar-refractivity contribution in [1.29, 1.82) is 0 Å². The molecule has 0 N–H and O–H groups in total. The number of ketones is 1. The molecular formula is C19H16FNO5. The molecule has 0 unspecified atom stereocenters. The van der Waals surface area contributed by atoms with Crippen molar-refractivity contribution in [3.63, 3.8) is 0 Å². The van der Waals surface area contributed by atoms with Gasteiger partial charge < -0.3 is 4.74 Å².